The monoisotopic (exact) mass is 448 g/mol. The van der Waals surface area contributed by atoms with Gasteiger partial charge in [-0.15, -0.1) is 0 Å². The highest BCUT2D eigenvalue weighted by molar-refractivity contribution is 5.93. The summed E-state index contributed by atoms with van der Waals surface area (Å²) in [5.74, 6) is 1.40. The Morgan fingerprint density at radius 3 is 2.36 bits per heavy atom. The van der Waals surface area contributed by atoms with E-state index in [4.69, 9.17) is 14.2 Å². The molecule has 6 heteroatoms. The van der Waals surface area contributed by atoms with Crippen LogP contribution in [0, 0.1) is 0 Å². The molecule has 0 aliphatic rings. The van der Waals surface area contributed by atoms with E-state index in [-0.39, 0.29) is 12.5 Å². The lowest BCUT2D eigenvalue weighted by atomic mass is 10.1. The van der Waals surface area contributed by atoms with Gasteiger partial charge in [0.2, 0.25) is 5.91 Å². The van der Waals surface area contributed by atoms with Crippen molar-refractivity contribution in [3.63, 3.8) is 0 Å². The predicted octanol–water partition coefficient (Wildman–Crippen LogP) is 5.16. The predicted molar refractivity (Wildman–Crippen MR) is 132 cm³/mol. The minimum atomic E-state index is -0.130. The Hall–Kier alpha value is -3.51. The summed E-state index contributed by atoms with van der Waals surface area (Å²) in [4.78, 5) is 12.3. The number of benzene rings is 3. The summed E-state index contributed by atoms with van der Waals surface area (Å²) >= 11 is 0. The number of ether oxygens (including phenoxy) is 3. The molecule has 3 aromatic carbocycles. The van der Waals surface area contributed by atoms with Crippen LogP contribution in [-0.4, -0.2) is 38.9 Å². The van der Waals surface area contributed by atoms with E-state index in [0.29, 0.717) is 26.4 Å². The lowest BCUT2D eigenvalue weighted by molar-refractivity contribution is -0.114. The van der Waals surface area contributed by atoms with Crippen LogP contribution in [0.4, 0.5) is 11.4 Å². The van der Waals surface area contributed by atoms with E-state index in [0.717, 1.165) is 35.7 Å². The summed E-state index contributed by atoms with van der Waals surface area (Å²) in [5, 5.41) is 6.00. The fourth-order valence-corrected chi connectivity index (χ4v) is 3.19. The molecular formula is C27H32N2O4. The van der Waals surface area contributed by atoms with Crippen LogP contribution in [0.1, 0.15) is 18.9 Å². The molecule has 0 atom stereocenters. The van der Waals surface area contributed by atoms with Gasteiger partial charge in [0.25, 0.3) is 0 Å². The highest BCUT2D eigenvalue weighted by atomic mass is 16.5. The molecule has 3 rings (SSSR count). The number of anilines is 2. The van der Waals surface area contributed by atoms with Gasteiger partial charge in [0.1, 0.15) is 18.1 Å². The van der Waals surface area contributed by atoms with Crippen LogP contribution < -0.4 is 20.1 Å². The molecule has 0 aromatic heterocycles. The van der Waals surface area contributed by atoms with Gasteiger partial charge in [0, 0.05) is 24.0 Å². The molecule has 0 radical (unpaired) electrons. The first-order chi connectivity index (χ1) is 16.2. The lowest BCUT2D eigenvalue weighted by Crippen LogP contribution is -2.21. The Kier molecular flexibility index (Phi) is 10.1. The topological polar surface area (TPSA) is 68.8 Å². The van der Waals surface area contributed by atoms with Crippen molar-refractivity contribution in [1.82, 2.24) is 0 Å². The minimum Gasteiger partial charge on any atom is -0.494 e. The number of hydrogen-bond acceptors (Lipinski definition) is 5. The van der Waals surface area contributed by atoms with Crippen molar-refractivity contribution < 1.29 is 19.0 Å². The quantitative estimate of drug-likeness (QED) is 0.333. The summed E-state index contributed by atoms with van der Waals surface area (Å²) in [6.07, 6.45) is 1.94. The fraction of sp³-hybridized carbons (Fsp3) is 0.296. The first-order valence-electron chi connectivity index (χ1n) is 11.3. The average Bonchev–Trinajstić information content (AvgIpc) is 2.85. The van der Waals surface area contributed by atoms with Gasteiger partial charge in [-0.2, -0.15) is 0 Å². The molecule has 0 heterocycles. The van der Waals surface area contributed by atoms with E-state index in [2.05, 4.69) is 34.9 Å². The first kappa shape index (κ1) is 24.1. The number of aryl methyl sites for hydroxylation is 1. The van der Waals surface area contributed by atoms with Crippen molar-refractivity contribution in [2.24, 2.45) is 0 Å². The normalized spacial score (nSPS) is 10.5. The molecule has 0 spiro atoms. The zero-order valence-electron chi connectivity index (χ0n) is 19.1. The van der Waals surface area contributed by atoms with Crippen LogP contribution in [0.2, 0.25) is 0 Å². The molecule has 1 amide bonds. The third-order valence-corrected chi connectivity index (χ3v) is 4.85. The number of rotatable bonds is 14. The van der Waals surface area contributed by atoms with E-state index < -0.39 is 0 Å². The molecule has 0 bridgehead atoms. The Balaban J connectivity index is 1.35. The molecule has 174 valence electrons. The first-order valence-corrected chi connectivity index (χ1v) is 11.3. The van der Waals surface area contributed by atoms with E-state index in [1.165, 1.54) is 5.56 Å². The van der Waals surface area contributed by atoms with Gasteiger partial charge in [-0.25, -0.2) is 0 Å². The second-order valence-electron chi connectivity index (χ2n) is 7.44. The van der Waals surface area contributed by atoms with E-state index in [1.54, 1.807) is 0 Å². The fourth-order valence-electron chi connectivity index (χ4n) is 3.19. The maximum absolute atomic E-state index is 12.3. The Morgan fingerprint density at radius 1 is 0.788 bits per heavy atom. The largest absolute Gasteiger partial charge is 0.494 e. The summed E-state index contributed by atoms with van der Waals surface area (Å²) in [5.41, 5.74) is 2.86. The van der Waals surface area contributed by atoms with Crippen LogP contribution in [0.3, 0.4) is 0 Å². The third kappa shape index (κ3) is 9.25. The van der Waals surface area contributed by atoms with Crippen LogP contribution >= 0.6 is 0 Å². The maximum Gasteiger partial charge on any atom is 0.243 e. The molecule has 0 saturated heterocycles. The molecule has 0 aliphatic heterocycles. The molecule has 2 N–H and O–H groups in total. The van der Waals surface area contributed by atoms with Crippen LogP contribution in [0.25, 0.3) is 0 Å². The Bertz CT molecular complexity index is 961. The van der Waals surface area contributed by atoms with Crippen molar-refractivity contribution in [2.75, 3.05) is 43.6 Å². The van der Waals surface area contributed by atoms with Gasteiger partial charge in [-0.3, -0.25) is 4.79 Å². The van der Waals surface area contributed by atoms with E-state index in [9.17, 15) is 4.79 Å². The standard InChI is InChI=1S/C27H32N2O4/c1-2-31-18-19-33-26-12-6-11-24(20-26)28-21-27(30)29-23-13-15-25(16-14-23)32-17-7-10-22-8-4-3-5-9-22/h3-6,8-9,11-16,20,28H,2,7,10,17-19,21H2,1H3,(H,29,30). The molecular weight excluding hydrogens is 416 g/mol. The number of carbonyl (C=O) groups excluding carboxylic acids is 1. The number of hydrogen-bond donors (Lipinski definition) is 2. The molecule has 33 heavy (non-hydrogen) atoms. The molecule has 0 saturated carbocycles. The van der Waals surface area contributed by atoms with Crippen LogP contribution in [-0.2, 0) is 16.0 Å². The molecule has 0 fully saturated rings. The van der Waals surface area contributed by atoms with Crippen molar-refractivity contribution in [3.05, 3.63) is 84.4 Å². The van der Waals surface area contributed by atoms with E-state index >= 15 is 0 Å². The number of carbonyl (C=O) groups is 1. The van der Waals surface area contributed by atoms with Gasteiger partial charge >= 0.3 is 0 Å². The molecule has 0 aliphatic carbocycles. The second-order valence-corrected chi connectivity index (χ2v) is 7.44. The molecule has 6 nitrogen and oxygen atoms in total. The maximum atomic E-state index is 12.3. The van der Waals surface area contributed by atoms with Crippen molar-refractivity contribution >= 4 is 17.3 Å². The summed E-state index contributed by atoms with van der Waals surface area (Å²) in [6.45, 7) is 4.47. The third-order valence-electron chi connectivity index (χ3n) is 4.85. The summed E-state index contributed by atoms with van der Waals surface area (Å²) < 4.78 is 16.7. The van der Waals surface area contributed by atoms with Gasteiger partial charge in [-0.1, -0.05) is 36.4 Å². The molecule has 3 aromatic rings. The number of nitrogens with one attached hydrogen (secondary N) is 2. The zero-order chi connectivity index (χ0) is 23.1. The minimum absolute atomic E-state index is 0.130. The average molecular weight is 449 g/mol. The van der Waals surface area contributed by atoms with Crippen molar-refractivity contribution in [1.29, 1.82) is 0 Å². The zero-order valence-corrected chi connectivity index (χ0v) is 19.1. The van der Waals surface area contributed by atoms with Gasteiger partial charge in [0.15, 0.2) is 0 Å². The smallest absolute Gasteiger partial charge is 0.243 e. The Labute approximate surface area is 195 Å². The van der Waals surface area contributed by atoms with Crippen LogP contribution in [0.15, 0.2) is 78.9 Å². The summed E-state index contributed by atoms with van der Waals surface area (Å²) in [7, 11) is 0. The highest BCUT2D eigenvalue weighted by Gasteiger charge is 2.04. The number of amides is 1. The SMILES string of the molecule is CCOCCOc1cccc(NCC(=O)Nc2ccc(OCCCc3ccccc3)cc2)c1. The van der Waals surface area contributed by atoms with Gasteiger partial charge in [-0.05, 0) is 61.7 Å². The van der Waals surface area contributed by atoms with Crippen molar-refractivity contribution in [2.45, 2.75) is 19.8 Å². The van der Waals surface area contributed by atoms with Crippen LogP contribution in [0.5, 0.6) is 11.5 Å². The van der Waals surface area contributed by atoms with Gasteiger partial charge < -0.3 is 24.8 Å². The van der Waals surface area contributed by atoms with Gasteiger partial charge in [0.05, 0.1) is 19.8 Å². The molecule has 0 unspecified atom stereocenters. The van der Waals surface area contributed by atoms with Crippen molar-refractivity contribution in [3.8, 4) is 11.5 Å². The highest BCUT2D eigenvalue weighted by Crippen LogP contribution is 2.18. The second kappa shape index (κ2) is 13.8. The lowest BCUT2D eigenvalue weighted by Gasteiger charge is -2.11. The van der Waals surface area contributed by atoms with E-state index in [1.807, 2.05) is 61.5 Å². The summed E-state index contributed by atoms with van der Waals surface area (Å²) in [6, 6.07) is 25.3. The Morgan fingerprint density at radius 2 is 1.58 bits per heavy atom.